The van der Waals surface area contributed by atoms with Gasteiger partial charge in [0.05, 0.1) is 17.6 Å². The second kappa shape index (κ2) is 7.59. The zero-order chi connectivity index (χ0) is 21.7. The smallest absolute Gasteiger partial charge is 0.243 e. The molecular weight excluding hydrogens is 412 g/mol. The van der Waals surface area contributed by atoms with Crippen molar-refractivity contribution in [2.24, 2.45) is 5.73 Å². The summed E-state index contributed by atoms with van der Waals surface area (Å²) in [6.07, 6.45) is 5.64. The Labute approximate surface area is 184 Å². The number of nitrogens with zero attached hydrogens (tertiary/aromatic N) is 1. The van der Waals surface area contributed by atoms with Crippen LogP contribution in [0.2, 0.25) is 0 Å². The molecule has 0 bridgehead atoms. The highest BCUT2D eigenvalue weighted by Gasteiger charge is 2.42. The Kier molecular flexibility index (Phi) is 5.13. The summed E-state index contributed by atoms with van der Waals surface area (Å²) >= 11 is 0. The molecule has 7 heteroatoms. The molecule has 5 rings (SSSR count). The normalized spacial score (nSPS) is 22.5. The molecule has 2 heterocycles. The average molecular weight is 443 g/mol. The van der Waals surface area contributed by atoms with E-state index < -0.39 is 10.0 Å². The standard InChI is InChI=1S/C24H30N2O4S/c1-29-22-8-7-20(17-21(22)18-3-5-19(6-4-18)24(25)10-11-24)31(27,28)26-14-12-23(13-15-26)9-2-16-30-23/h3-8,17H,2,9-16,25H2,1H3. The van der Waals surface area contributed by atoms with Gasteiger partial charge < -0.3 is 15.2 Å². The summed E-state index contributed by atoms with van der Waals surface area (Å²) in [6.45, 7) is 1.78. The van der Waals surface area contributed by atoms with Crippen LogP contribution in [0.25, 0.3) is 11.1 Å². The molecule has 2 N–H and O–H groups in total. The van der Waals surface area contributed by atoms with Crippen LogP contribution in [0.5, 0.6) is 5.75 Å². The SMILES string of the molecule is COc1ccc(S(=O)(=O)N2CCC3(CCCO3)CC2)cc1-c1ccc(C2(N)CC2)cc1. The minimum absolute atomic E-state index is 0.110. The molecule has 6 nitrogen and oxygen atoms in total. The van der Waals surface area contributed by atoms with Gasteiger partial charge in [0.2, 0.25) is 10.0 Å². The highest BCUT2D eigenvalue weighted by atomic mass is 32.2. The summed E-state index contributed by atoms with van der Waals surface area (Å²) in [5, 5.41) is 0. The number of ether oxygens (including phenoxy) is 2. The summed E-state index contributed by atoms with van der Waals surface area (Å²) < 4.78 is 39.9. The van der Waals surface area contributed by atoms with Gasteiger partial charge in [-0.1, -0.05) is 24.3 Å². The molecular formula is C24H30N2O4S. The van der Waals surface area contributed by atoms with Gasteiger partial charge in [0.1, 0.15) is 5.75 Å². The predicted octanol–water partition coefficient (Wildman–Crippen LogP) is 3.64. The Bertz CT molecular complexity index is 1060. The Morgan fingerprint density at radius 2 is 1.71 bits per heavy atom. The molecule has 2 aromatic rings. The van der Waals surface area contributed by atoms with Crippen LogP contribution in [-0.4, -0.2) is 45.1 Å². The van der Waals surface area contributed by atoms with Crippen molar-refractivity contribution in [3.8, 4) is 16.9 Å². The van der Waals surface area contributed by atoms with Gasteiger partial charge in [0, 0.05) is 30.8 Å². The van der Waals surface area contributed by atoms with E-state index in [1.54, 1.807) is 29.6 Å². The quantitative estimate of drug-likeness (QED) is 0.764. The molecule has 2 aliphatic heterocycles. The highest BCUT2D eigenvalue weighted by molar-refractivity contribution is 7.89. The van der Waals surface area contributed by atoms with E-state index in [-0.39, 0.29) is 11.1 Å². The third kappa shape index (κ3) is 3.78. The van der Waals surface area contributed by atoms with Crippen molar-refractivity contribution in [2.45, 2.75) is 54.6 Å². The zero-order valence-corrected chi connectivity index (χ0v) is 18.8. The minimum atomic E-state index is -3.58. The van der Waals surface area contributed by atoms with Crippen LogP contribution >= 0.6 is 0 Å². The summed E-state index contributed by atoms with van der Waals surface area (Å²) in [4.78, 5) is 0.299. The van der Waals surface area contributed by atoms with Gasteiger partial charge in [-0.3, -0.25) is 0 Å². The predicted molar refractivity (Wildman–Crippen MR) is 119 cm³/mol. The third-order valence-corrected chi connectivity index (χ3v) is 9.08. The fraction of sp³-hybridized carbons (Fsp3) is 0.500. The van der Waals surface area contributed by atoms with Gasteiger partial charge in [-0.15, -0.1) is 0 Å². The zero-order valence-electron chi connectivity index (χ0n) is 18.0. The first-order valence-corrected chi connectivity index (χ1v) is 12.5. The van der Waals surface area contributed by atoms with Crippen LogP contribution in [0.4, 0.5) is 0 Å². The lowest BCUT2D eigenvalue weighted by Crippen LogP contribution is -2.46. The van der Waals surface area contributed by atoms with E-state index in [9.17, 15) is 8.42 Å². The number of nitrogens with two attached hydrogens (primary N) is 1. The Balaban J connectivity index is 1.42. The van der Waals surface area contributed by atoms with Gasteiger partial charge in [0.15, 0.2) is 0 Å². The maximum absolute atomic E-state index is 13.4. The second-order valence-electron chi connectivity index (χ2n) is 9.13. The minimum Gasteiger partial charge on any atom is -0.496 e. The molecule has 166 valence electrons. The van der Waals surface area contributed by atoms with Crippen molar-refractivity contribution in [3.05, 3.63) is 48.0 Å². The van der Waals surface area contributed by atoms with E-state index in [1.807, 2.05) is 24.3 Å². The fourth-order valence-electron chi connectivity index (χ4n) is 4.91. The van der Waals surface area contributed by atoms with Crippen LogP contribution in [-0.2, 0) is 20.3 Å². The van der Waals surface area contributed by atoms with Crippen molar-refractivity contribution in [3.63, 3.8) is 0 Å². The second-order valence-corrected chi connectivity index (χ2v) is 11.1. The van der Waals surface area contributed by atoms with E-state index >= 15 is 0 Å². The highest BCUT2D eigenvalue weighted by Crippen LogP contribution is 2.43. The number of piperidine rings is 1. The number of sulfonamides is 1. The number of hydrogen-bond donors (Lipinski definition) is 1. The molecule has 0 atom stereocenters. The first-order chi connectivity index (χ1) is 14.9. The lowest BCUT2D eigenvalue weighted by Gasteiger charge is -2.37. The van der Waals surface area contributed by atoms with Gasteiger partial charge in [-0.25, -0.2) is 8.42 Å². The van der Waals surface area contributed by atoms with E-state index in [4.69, 9.17) is 15.2 Å². The molecule has 0 radical (unpaired) electrons. The number of rotatable bonds is 5. The molecule has 2 aromatic carbocycles. The molecule has 3 fully saturated rings. The Morgan fingerprint density at radius 3 is 2.29 bits per heavy atom. The number of methoxy groups -OCH3 is 1. The molecule has 3 aliphatic rings. The molecule has 0 aromatic heterocycles. The maximum Gasteiger partial charge on any atom is 0.243 e. The topological polar surface area (TPSA) is 81.9 Å². The number of benzene rings is 2. The first kappa shape index (κ1) is 20.9. The first-order valence-electron chi connectivity index (χ1n) is 11.1. The van der Waals surface area contributed by atoms with Crippen LogP contribution in [0.15, 0.2) is 47.4 Å². The lowest BCUT2D eigenvalue weighted by atomic mass is 9.90. The van der Waals surface area contributed by atoms with Crippen molar-refractivity contribution in [2.75, 3.05) is 26.8 Å². The average Bonchev–Trinajstić information content (AvgIpc) is 3.40. The molecule has 1 spiro atoms. The van der Waals surface area contributed by atoms with Crippen molar-refractivity contribution < 1.29 is 17.9 Å². The molecule has 1 aliphatic carbocycles. The molecule has 0 amide bonds. The van der Waals surface area contributed by atoms with Crippen LogP contribution in [0.1, 0.15) is 44.1 Å². The van der Waals surface area contributed by atoms with Crippen LogP contribution in [0.3, 0.4) is 0 Å². The van der Waals surface area contributed by atoms with E-state index in [2.05, 4.69) is 0 Å². The number of hydrogen-bond acceptors (Lipinski definition) is 5. The Morgan fingerprint density at radius 1 is 1.00 bits per heavy atom. The van der Waals surface area contributed by atoms with E-state index in [1.165, 1.54) is 0 Å². The maximum atomic E-state index is 13.4. The van der Waals surface area contributed by atoms with Crippen LogP contribution < -0.4 is 10.5 Å². The van der Waals surface area contributed by atoms with Crippen molar-refractivity contribution in [1.29, 1.82) is 0 Å². The van der Waals surface area contributed by atoms with Crippen molar-refractivity contribution in [1.82, 2.24) is 4.31 Å². The molecule has 1 saturated carbocycles. The Hall–Kier alpha value is -1.93. The third-order valence-electron chi connectivity index (χ3n) is 7.19. The van der Waals surface area contributed by atoms with Gasteiger partial charge >= 0.3 is 0 Å². The summed E-state index contributed by atoms with van der Waals surface area (Å²) in [5.41, 5.74) is 8.80. The van der Waals surface area contributed by atoms with Gasteiger partial charge in [-0.2, -0.15) is 4.31 Å². The molecule has 0 unspecified atom stereocenters. The summed E-state index contributed by atoms with van der Waals surface area (Å²) in [5.74, 6) is 0.650. The van der Waals surface area contributed by atoms with E-state index in [0.29, 0.717) is 23.7 Å². The fourth-order valence-corrected chi connectivity index (χ4v) is 6.38. The summed E-state index contributed by atoms with van der Waals surface area (Å²) in [6, 6.07) is 13.2. The summed E-state index contributed by atoms with van der Waals surface area (Å²) in [7, 11) is -1.98. The molecule has 31 heavy (non-hydrogen) atoms. The largest absolute Gasteiger partial charge is 0.496 e. The lowest BCUT2D eigenvalue weighted by molar-refractivity contribution is -0.0309. The van der Waals surface area contributed by atoms with Crippen molar-refractivity contribution >= 4 is 10.0 Å². The molecule has 2 saturated heterocycles. The van der Waals surface area contributed by atoms with Gasteiger partial charge in [0.25, 0.3) is 0 Å². The van der Waals surface area contributed by atoms with Crippen LogP contribution in [0, 0.1) is 0 Å². The van der Waals surface area contributed by atoms with Gasteiger partial charge in [-0.05, 0) is 67.9 Å². The van der Waals surface area contributed by atoms with E-state index in [0.717, 1.165) is 61.8 Å². The monoisotopic (exact) mass is 442 g/mol.